The second kappa shape index (κ2) is 7.69. The number of nitrogens with zero attached hydrogens (tertiary/aromatic N) is 2. The molecule has 0 fully saturated rings. The van der Waals surface area contributed by atoms with E-state index in [9.17, 15) is 4.39 Å². The fourth-order valence-corrected chi connectivity index (χ4v) is 2.84. The number of benzene rings is 2. The van der Waals surface area contributed by atoms with Crippen molar-refractivity contribution in [3.63, 3.8) is 0 Å². The second-order valence-corrected chi connectivity index (χ2v) is 6.68. The van der Waals surface area contributed by atoms with Gasteiger partial charge in [-0.05, 0) is 61.9 Å². The molecule has 0 atom stereocenters. The van der Waals surface area contributed by atoms with E-state index < -0.39 is 5.82 Å². The number of hydrogen-bond donors (Lipinski definition) is 4. The molecule has 1 aliphatic rings. The first-order valence-electron chi connectivity index (χ1n) is 9.02. The van der Waals surface area contributed by atoms with E-state index in [1.807, 2.05) is 56.3 Å². The maximum Gasteiger partial charge on any atom is 0.229 e. The van der Waals surface area contributed by atoms with E-state index >= 15 is 0 Å². The molecule has 144 valence electrons. The molecule has 7 nitrogen and oxygen atoms in total. The zero-order chi connectivity index (χ0) is 19.5. The Hall–Kier alpha value is -3.39. The van der Waals surface area contributed by atoms with Crippen molar-refractivity contribution in [3.8, 4) is 5.75 Å². The minimum absolute atomic E-state index is 0.108. The van der Waals surface area contributed by atoms with E-state index in [-0.39, 0.29) is 11.9 Å². The Balaban J connectivity index is 1.49. The van der Waals surface area contributed by atoms with Crippen LogP contribution in [0.5, 0.6) is 5.75 Å². The van der Waals surface area contributed by atoms with Gasteiger partial charge < -0.3 is 20.8 Å². The molecule has 28 heavy (non-hydrogen) atoms. The van der Waals surface area contributed by atoms with Gasteiger partial charge in [-0.15, -0.1) is 0 Å². The summed E-state index contributed by atoms with van der Waals surface area (Å²) in [5.41, 5.74) is 9.75. The van der Waals surface area contributed by atoms with Gasteiger partial charge in [-0.25, -0.2) is 14.8 Å². The van der Waals surface area contributed by atoms with Gasteiger partial charge in [0.2, 0.25) is 5.95 Å². The molecule has 4 N–H and O–H groups in total. The van der Waals surface area contributed by atoms with Crippen LogP contribution < -0.4 is 26.2 Å². The summed E-state index contributed by atoms with van der Waals surface area (Å²) in [4.78, 5) is 8.27. The van der Waals surface area contributed by atoms with Crippen molar-refractivity contribution in [1.29, 1.82) is 0 Å². The molecule has 0 unspecified atom stereocenters. The van der Waals surface area contributed by atoms with Crippen molar-refractivity contribution in [1.82, 2.24) is 15.4 Å². The molecule has 2 heterocycles. The lowest BCUT2D eigenvalue weighted by Crippen LogP contribution is -2.10. The van der Waals surface area contributed by atoms with Crippen LogP contribution in [-0.4, -0.2) is 16.1 Å². The molecule has 3 aromatic rings. The summed E-state index contributed by atoms with van der Waals surface area (Å²) >= 11 is 0. The molecule has 0 spiro atoms. The maximum absolute atomic E-state index is 14.2. The number of fused-ring (bicyclic) bond motifs is 1. The Morgan fingerprint density at radius 3 is 2.64 bits per heavy atom. The monoisotopic (exact) mass is 380 g/mol. The highest BCUT2D eigenvalue weighted by molar-refractivity contribution is 5.66. The summed E-state index contributed by atoms with van der Waals surface area (Å²) < 4.78 is 19.8. The van der Waals surface area contributed by atoms with E-state index in [4.69, 9.17) is 4.74 Å². The van der Waals surface area contributed by atoms with Gasteiger partial charge in [-0.3, -0.25) is 0 Å². The van der Waals surface area contributed by atoms with Gasteiger partial charge in [0.05, 0.1) is 18.0 Å². The molecule has 0 amide bonds. The van der Waals surface area contributed by atoms with E-state index in [1.54, 1.807) is 0 Å². The van der Waals surface area contributed by atoms with Crippen molar-refractivity contribution < 1.29 is 9.13 Å². The van der Waals surface area contributed by atoms with Gasteiger partial charge in [0.25, 0.3) is 0 Å². The fraction of sp³-hybridized carbons (Fsp3) is 0.200. The van der Waals surface area contributed by atoms with E-state index in [0.29, 0.717) is 12.5 Å². The quantitative estimate of drug-likeness (QED) is 0.507. The average molecular weight is 380 g/mol. The van der Waals surface area contributed by atoms with Crippen molar-refractivity contribution >= 4 is 28.8 Å². The molecular weight excluding hydrogens is 359 g/mol. The van der Waals surface area contributed by atoms with E-state index in [1.165, 1.54) is 0 Å². The van der Waals surface area contributed by atoms with Crippen LogP contribution in [0.1, 0.15) is 19.4 Å². The summed E-state index contributed by atoms with van der Waals surface area (Å²) in [7, 11) is 0. The molecular formula is C20H21FN6O. The van der Waals surface area contributed by atoms with Crippen LogP contribution in [0.2, 0.25) is 0 Å². The molecule has 1 aliphatic heterocycles. The first-order valence-corrected chi connectivity index (χ1v) is 9.02. The van der Waals surface area contributed by atoms with Crippen molar-refractivity contribution in [2.45, 2.75) is 26.5 Å². The number of hydrazine groups is 1. The zero-order valence-electron chi connectivity index (χ0n) is 15.6. The number of anilines is 5. The summed E-state index contributed by atoms with van der Waals surface area (Å²) in [5, 5.41) is 6.09. The Kier molecular flexibility index (Phi) is 4.94. The highest BCUT2D eigenvalue weighted by Gasteiger charge is 2.12. The lowest BCUT2D eigenvalue weighted by Gasteiger charge is -2.12. The first-order chi connectivity index (χ1) is 13.6. The van der Waals surface area contributed by atoms with Gasteiger partial charge in [-0.2, -0.15) is 4.98 Å². The molecule has 0 aliphatic carbocycles. The Bertz CT molecular complexity index is 977. The molecule has 2 aromatic carbocycles. The number of halogens is 1. The van der Waals surface area contributed by atoms with Crippen LogP contribution in [0.15, 0.2) is 48.7 Å². The molecule has 8 heteroatoms. The summed E-state index contributed by atoms with van der Waals surface area (Å²) in [5.74, 6) is 0.661. The highest BCUT2D eigenvalue weighted by atomic mass is 19.1. The van der Waals surface area contributed by atoms with Gasteiger partial charge >= 0.3 is 0 Å². The lowest BCUT2D eigenvalue weighted by molar-refractivity contribution is 0.242. The Morgan fingerprint density at radius 1 is 1.07 bits per heavy atom. The highest BCUT2D eigenvalue weighted by Crippen LogP contribution is 2.26. The molecule has 0 saturated heterocycles. The van der Waals surface area contributed by atoms with Crippen molar-refractivity contribution in [2.24, 2.45) is 0 Å². The molecule has 0 saturated carbocycles. The third-order valence-corrected chi connectivity index (χ3v) is 4.10. The lowest BCUT2D eigenvalue weighted by atomic mass is 10.2. The van der Waals surface area contributed by atoms with Gasteiger partial charge in [0, 0.05) is 17.9 Å². The average Bonchev–Trinajstić information content (AvgIpc) is 3.13. The Labute approximate surface area is 162 Å². The molecule has 0 radical (unpaired) electrons. The standard InChI is InChI=1S/C20H21FN6O/c1-12(2)28-16-6-3-14(4-7-16)25-20-22-11-17(21)19(26-20)24-15-5-8-18-13(9-15)10-23-27-18/h3-9,11-12,23,27H,10H2,1-2H3,(H2,22,24,25,26). The SMILES string of the molecule is CC(C)Oc1ccc(Nc2ncc(F)c(Nc3ccc4c(c3)CNN4)n2)cc1. The van der Waals surface area contributed by atoms with Crippen molar-refractivity contribution in [3.05, 3.63) is 60.0 Å². The van der Waals surface area contributed by atoms with E-state index in [0.717, 1.165) is 34.6 Å². The number of hydrogen-bond acceptors (Lipinski definition) is 7. The topological polar surface area (TPSA) is 83.1 Å². The summed E-state index contributed by atoms with van der Waals surface area (Å²) in [6, 6.07) is 13.2. The van der Waals surface area contributed by atoms with E-state index in [2.05, 4.69) is 31.5 Å². The number of ether oxygens (including phenoxy) is 1. The minimum Gasteiger partial charge on any atom is -0.491 e. The Morgan fingerprint density at radius 2 is 1.86 bits per heavy atom. The normalized spacial score (nSPS) is 12.4. The van der Waals surface area contributed by atoms with Crippen LogP contribution >= 0.6 is 0 Å². The molecule has 1 aromatic heterocycles. The van der Waals surface area contributed by atoms with Gasteiger partial charge in [0.1, 0.15) is 5.75 Å². The van der Waals surface area contributed by atoms with Crippen LogP contribution in [0.4, 0.5) is 33.2 Å². The molecule has 0 bridgehead atoms. The third kappa shape index (κ3) is 4.12. The van der Waals surface area contributed by atoms with Gasteiger partial charge in [-0.1, -0.05) is 0 Å². The van der Waals surface area contributed by atoms with Crippen LogP contribution in [0, 0.1) is 5.82 Å². The minimum atomic E-state index is -0.525. The predicted octanol–water partition coefficient (Wildman–Crippen LogP) is 4.32. The predicted molar refractivity (Wildman–Crippen MR) is 108 cm³/mol. The van der Waals surface area contributed by atoms with Gasteiger partial charge in [0.15, 0.2) is 11.6 Å². The summed E-state index contributed by atoms with van der Waals surface area (Å²) in [6.45, 7) is 4.66. The second-order valence-electron chi connectivity index (χ2n) is 6.68. The van der Waals surface area contributed by atoms with Crippen LogP contribution in [0.25, 0.3) is 0 Å². The number of rotatable bonds is 6. The number of aromatic nitrogens is 2. The smallest absolute Gasteiger partial charge is 0.229 e. The fourth-order valence-electron chi connectivity index (χ4n) is 2.84. The largest absolute Gasteiger partial charge is 0.491 e. The number of nitrogens with one attached hydrogen (secondary N) is 4. The summed E-state index contributed by atoms with van der Waals surface area (Å²) in [6.07, 6.45) is 1.25. The zero-order valence-corrected chi connectivity index (χ0v) is 15.6. The van der Waals surface area contributed by atoms with Crippen LogP contribution in [0.3, 0.4) is 0 Å². The van der Waals surface area contributed by atoms with Crippen molar-refractivity contribution in [2.75, 3.05) is 16.1 Å². The maximum atomic E-state index is 14.2. The third-order valence-electron chi connectivity index (χ3n) is 4.10. The first kappa shape index (κ1) is 18.0. The van der Waals surface area contributed by atoms with Crippen LogP contribution in [-0.2, 0) is 6.54 Å². The molecule has 4 rings (SSSR count).